The lowest BCUT2D eigenvalue weighted by Gasteiger charge is -2.22. The lowest BCUT2D eigenvalue weighted by molar-refractivity contribution is 0.232. The fourth-order valence-corrected chi connectivity index (χ4v) is 2.33. The van der Waals surface area contributed by atoms with E-state index in [2.05, 4.69) is 44.3 Å². The van der Waals surface area contributed by atoms with Crippen LogP contribution in [-0.2, 0) is 5.41 Å². The van der Waals surface area contributed by atoms with E-state index in [1.165, 1.54) is 5.56 Å². The van der Waals surface area contributed by atoms with Gasteiger partial charge in [-0.25, -0.2) is 9.69 Å². The van der Waals surface area contributed by atoms with Crippen LogP contribution in [-0.4, -0.2) is 17.5 Å². The number of nitriles is 1. The number of carbonyl (C=O) groups excluding carboxylic acids is 1. The molecule has 1 aliphatic rings. The molecule has 0 aromatic heterocycles. The van der Waals surface area contributed by atoms with Crippen LogP contribution in [0.5, 0.6) is 0 Å². The van der Waals surface area contributed by atoms with Crippen molar-refractivity contribution in [3.8, 4) is 6.19 Å². The number of urea groups is 1. The molecule has 1 unspecified atom stereocenters. The highest BCUT2D eigenvalue weighted by Crippen LogP contribution is 2.28. The molecular formula is C15H19N3O. The Kier molecular flexibility index (Phi) is 3.23. The largest absolute Gasteiger partial charge is 0.331 e. The summed E-state index contributed by atoms with van der Waals surface area (Å²) in [6, 6.07) is 5.91. The second kappa shape index (κ2) is 4.58. The van der Waals surface area contributed by atoms with Crippen molar-refractivity contribution in [1.29, 1.82) is 5.26 Å². The predicted molar refractivity (Wildman–Crippen MR) is 73.5 cm³/mol. The third-order valence-corrected chi connectivity index (χ3v) is 3.54. The van der Waals surface area contributed by atoms with Crippen LogP contribution < -0.4 is 5.32 Å². The highest BCUT2D eigenvalue weighted by molar-refractivity contribution is 5.78. The third-order valence-electron chi connectivity index (χ3n) is 3.54. The lowest BCUT2D eigenvalue weighted by atomic mass is 9.84. The second-order valence-corrected chi connectivity index (χ2v) is 6.03. The van der Waals surface area contributed by atoms with Crippen LogP contribution in [0.4, 0.5) is 4.79 Å². The van der Waals surface area contributed by atoms with Crippen molar-refractivity contribution >= 4 is 6.03 Å². The molecule has 1 atom stereocenters. The molecule has 4 heteroatoms. The number of carbonyl (C=O) groups is 1. The van der Waals surface area contributed by atoms with Crippen LogP contribution in [0.3, 0.4) is 0 Å². The van der Waals surface area contributed by atoms with Crippen molar-refractivity contribution in [2.75, 3.05) is 6.54 Å². The zero-order valence-corrected chi connectivity index (χ0v) is 11.8. The minimum Gasteiger partial charge on any atom is -0.328 e. The lowest BCUT2D eigenvalue weighted by Crippen LogP contribution is -2.23. The average molecular weight is 257 g/mol. The monoisotopic (exact) mass is 257 g/mol. The van der Waals surface area contributed by atoms with E-state index in [1.54, 1.807) is 0 Å². The molecule has 2 amide bonds. The van der Waals surface area contributed by atoms with E-state index < -0.39 is 0 Å². The van der Waals surface area contributed by atoms with Gasteiger partial charge in [-0.05, 0) is 29.0 Å². The Morgan fingerprint density at radius 2 is 2.11 bits per heavy atom. The van der Waals surface area contributed by atoms with Crippen LogP contribution in [0, 0.1) is 18.4 Å². The zero-order valence-electron chi connectivity index (χ0n) is 11.8. The van der Waals surface area contributed by atoms with Crippen LogP contribution in [0.1, 0.15) is 43.5 Å². The molecule has 2 rings (SSSR count). The van der Waals surface area contributed by atoms with Crippen molar-refractivity contribution in [3.63, 3.8) is 0 Å². The molecule has 1 aliphatic heterocycles. The fourth-order valence-electron chi connectivity index (χ4n) is 2.33. The standard InChI is InChI=1S/C15H19N3O/c1-10-7-11(15(2,3)4)5-6-12(10)13-8-18(9-16)14(19)17-13/h5-7,13H,8H2,1-4H3,(H,17,19). The molecule has 0 spiro atoms. The van der Waals surface area contributed by atoms with Gasteiger partial charge in [-0.15, -0.1) is 0 Å². The number of benzene rings is 1. The summed E-state index contributed by atoms with van der Waals surface area (Å²) in [6.07, 6.45) is 1.89. The summed E-state index contributed by atoms with van der Waals surface area (Å²) in [4.78, 5) is 12.7. The van der Waals surface area contributed by atoms with Gasteiger partial charge in [0.1, 0.15) is 0 Å². The summed E-state index contributed by atoms with van der Waals surface area (Å²) < 4.78 is 0. The highest BCUT2D eigenvalue weighted by Gasteiger charge is 2.30. The van der Waals surface area contributed by atoms with Crippen LogP contribution in [0.25, 0.3) is 0 Å². The molecule has 0 radical (unpaired) electrons. The van der Waals surface area contributed by atoms with Gasteiger partial charge in [0, 0.05) is 0 Å². The Balaban J connectivity index is 2.29. The topological polar surface area (TPSA) is 56.1 Å². The quantitative estimate of drug-likeness (QED) is 0.786. The summed E-state index contributed by atoms with van der Waals surface area (Å²) in [5.74, 6) is 0. The van der Waals surface area contributed by atoms with Crippen LogP contribution in [0.2, 0.25) is 0 Å². The van der Waals surface area contributed by atoms with E-state index in [-0.39, 0.29) is 17.5 Å². The molecule has 1 aromatic rings. The van der Waals surface area contributed by atoms with Crippen LogP contribution in [0.15, 0.2) is 18.2 Å². The van der Waals surface area contributed by atoms with Gasteiger partial charge in [-0.3, -0.25) is 0 Å². The third kappa shape index (κ3) is 2.55. The summed E-state index contributed by atoms with van der Waals surface area (Å²) >= 11 is 0. The summed E-state index contributed by atoms with van der Waals surface area (Å²) in [7, 11) is 0. The molecule has 19 heavy (non-hydrogen) atoms. The Bertz CT molecular complexity index is 551. The van der Waals surface area contributed by atoms with E-state index in [0.717, 1.165) is 16.0 Å². The number of rotatable bonds is 1. The van der Waals surface area contributed by atoms with Crippen molar-refractivity contribution in [1.82, 2.24) is 10.2 Å². The molecular weight excluding hydrogens is 238 g/mol. The maximum atomic E-state index is 11.5. The first-order chi connectivity index (χ1) is 8.82. The van der Waals surface area contributed by atoms with Gasteiger partial charge < -0.3 is 5.32 Å². The first-order valence-corrected chi connectivity index (χ1v) is 6.41. The molecule has 1 saturated heterocycles. The van der Waals surface area contributed by atoms with E-state index in [4.69, 9.17) is 5.26 Å². The zero-order chi connectivity index (χ0) is 14.2. The molecule has 100 valence electrons. The summed E-state index contributed by atoms with van der Waals surface area (Å²) in [5.41, 5.74) is 3.62. The molecule has 0 aliphatic carbocycles. The maximum Gasteiger partial charge on any atom is 0.331 e. The molecule has 4 nitrogen and oxygen atoms in total. The number of nitrogens with one attached hydrogen (secondary N) is 1. The SMILES string of the molecule is Cc1cc(C(C)(C)C)ccc1C1CN(C#N)C(=O)N1. The first-order valence-electron chi connectivity index (χ1n) is 6.41. The van der Waals surface area contributed by atoms with E-state index in [9.17, 15) is 4.79 Å². The van der Waals surface area contributed by atoms with E-state index in [0.29, 0.717) is 6.54 Å². The first kappa shape index (κ1) is 13.4. The highest BCUT2D eigenvalue weighted by atomic mass is 16.2. The minimum atomic E-state index is -0.313. The number of amides is 2. The van der Waals surface area contributed by atoms with E-state index >= 15 is 0 Å². The predicted octanol–water partition coefficient (Wildman–Crippen LogP) is 2.84. The Labute approximate surface area is 114 Å². The molecule has 1 fully saturated rings. The smallest absolute Gasteiger partial charge is 0.328 e. The molecule has 0 saturated carbocycles. The number of hydrogen-bond donors (Lipinski definition) is 1. The van der Waals surface area contributed by atoms with Gasteiger partial charge in [0.2, 0.25) is 0 Å². The summed E-state index contributed by atoms with van der Waals surface area (Å²) in [6.45, 7) is 8.99. The Hall–Kier alpha value is -2.02. The van der Waals surface area contributed by atoms with Gasteiger partial charge in [0.25, 0.3) is 0 Å². The molecule has 0 bridgehead atoms. The number of nitrogens with zero attached hydrogens (tertiary/aromatic N) is 2. The van der Waals surface area contributed by atoms with Gasteiger partial charge in [0.15, 0.2) is 6.19 Å². The molecule has 1 N–H and O–H groups in total. The summed E-state index contributed by atoms with van der Waals surface area (Å²) in [5, 5.41) is 11.7. The van der Waals surface area contributed by atoms with Crippen LogP contribution >= 0.6 is 0 Å². The van der Waals surface area contributed by atoms with Crippen molar-refractivity contribution < 1.29 is 4.79 Å². The second-order valence-electron chi connectivity index (χ2n) is 6.03. The average Bonchev–Trinajstić information content (AvgIpc) is 2.69. The van der Waals surface area contributed by atoms with E-state index in [1.807, 2.05) is 13.1 Å². The maximum absolute atomic E-state index is 11.5. The Morgan fingerprint density at radius 3 is 2.58 bits per heavy atom. The molecule has 1 aromatic carbocycles. The van der Waals surface area contributed by atoms with Gasteiger partial charge in [-0.1, -0.05) is 39.0 Å². The Morgan fingerprint density at radius 1 is 1.42 bits per heavy atom. The normalized spacial score (nSPS) is 19.2. The fraction of sp³-hybridized carbons (Fsp3) is 0.467. The van der Waals surface area contributed by atoms with Gasteiger partial charge in [-0.2, -0.15) is 5.26 Å². The van der Waals surface area contributed by atoms with Gasteiger partial charge >= 0.3 is 6.03 Å². The number of hydrogen-bond acceptors (Lipinski definition) is 2. The van der Waals surface area contributed by atoms with Crippen molar-refractivity contribution in [3.05, 3.63) is 34.9 Å². The van der Waals surface area contributed by atoms with Crippen molar-refractivity contribution in [2.45, 2.75) is 39.2 Å². The van der Waals surface area contributed by atoms with Crippen molar-refractivity contribution in [2.24, 2.45) is 0 Å². The van der Waals surface area contributed by atoms with Gasteiger partial charge in [0.05, 0.1) is 12.6 Å². The minimum absolute atomic E-state index is 0.0961. The number of aryl methyl sites for hydroxylation is 1. The molecule has 1 heterocycles.